The van der Waals surface area contributed by atoms with Crippen molar-refractivity contribution in [1.29, 1.82) is 5.41 Å². The van der Waals surface area contributed by atoms with E-state index in [-0.39, 0.29) is 28.0 Å². The third-order valence-electron chi connectivity index (χ3n) is 4.08. The molecule has 3 rings (SSSR count). The van der Waals surface area contributed by atoms with Crippen LogP contribution < -0.4 is 14.2 Å². The molecular weight excluding hydrogens is 366 g/mol. The molecule has 136 valence electrons. The molecule has 8 nitrogen and oxygen atoms in total. The van der Waals surface area contributed by atoms with E-state index in [0.29, 0.717) is 22.8 Å². The molecule has 25 heavy (non-hydrogen) atoms. The van der Waals surface area contributed by atoms with Gasteiger partial charge in [0.1, 0.15) is 0 Å². The van der Waals surface area contributed by atoms with Crippen molar-refractivity contribution in [2.75, 3.05) is 32.8 Å². The summed E-state index contributed by atoms with van der Waals surface area (Å²) in [4.78, 5) is 0. The SMILES string of the molecule is COc1cc(/C=N/N2C(=N)SC3CS(=O)(=O)CC32)cc(OC)c1OC. The van der Waals surface area contributed by atoms with Crippen LogP contribution in [0.3, 0.4) is 0 Å². The largest absolute Gasteiger partial charge is 0.493 e. The molecule has 0 aliphatic carbocycles. The van der Waals surface area contributed by atoms with Crippen LogP contribution in [0.4, 0.5) is 0 Å². The number of fused-ring (bicyclic) bond motifs is 1. The van der Waals surface area contributed by atoms with Crippen molar-refractivity contribution in [3.63, 3.8) is 0 Å². The Balaban J connectivity index is 1.88. The maximum atomic E-state index is 11.8. The molecule has 2 aliphatic heterocycles. The van der Waals surface area contributed by atoms with E-state index in [1.54, 1.807) is 18.3 Å². The number of sulfone groups is 1. The number of nitrogens with zero attached hydrogens (tertiary/aromatic N) is 2. The van der Waals surface area contributed by atoms with E-state index in [4.69, 9.17) is 19.6 Å². The highest BCUT2D eigenvalue weighted by atomic mass is 32.2. The Hall–Kier alpha value is -1.94. The minimum absolute atomic E-state index is 0.0274. The van der Waals surface area contributed by atoms with Gasteiger partial charge in [0.15, 0.2) is 26.5 Å². The fraction of sp³-hybridized carbons (Fsp3) is 0.467. The van der Waals surface area contributed by atoms with E-state index in [0.717, 1.165) is 0 Å². The lowest BCUT2D eigenvalue weighted by Gasteiger charge is -2.17. The lowest BCUT2D eigenvalue weighted by molar-refractivity contribution is 0.324. The standard InChI is InChI=1S/C15H19N3O5S2/c1-21-11-4-9(5-12(22-2)14(11)23-3)6-17-18-10-7-25(19,20)8-13(10)24-15(18)16/h4-6,10,13,16H,7-8H2,1-3H3/b16-15?,17-6+. The maximum absolute atomic E-state index is 11.8. The Kier molecular flexibility index (Phi) is 4.83. The molecule has 1 N–H and O–H groups in total. The predicted molar refractivity (Wildman–Crippen MR) is 97.1 cm³/mol. The van der Waals surface area contributed by atoms with Gasteiger partial charge in [-0.2, -0.15) is 5.10 Å². The van der Waals surface area contributed by atoms with Gasteiger partial charge in [-0.3, -0.25) is 5.41 Å². The van der Waals surface area contributed by atoms with Crippen molar-refractivity contribution in [1.82, 2.24) is 5.01 Å². The van der Waals surface area contributed by atoms with E-state index >= 15 is 0 Å². The smallest absolute Gasteiger partial charge is 0.203 e. The second-order valence-electron chi connectivity index (χ2n) is 5.65. The Morgan fingerprint density at radius 3 is 2.40 bits per heavy atom. The van der Waals surface area contributed by atoms with Gasteiger partial charge < -0.3 is 14.2 Å². The van der Waals surface area contributed by atoms with Crippen LogP contribution in [0.15, 0.2) is 17.2 Å². The number of hydrogen-bond donors (Lipinski definition) is 1. The summed E-state index contributed by atoms with van der Waals surface area (Å²) in [6.07, 6.45) is 1.56. The summed E-state index contributed by atoms with van der Waals surface area (Å²) >= 11 is 1.25. The molecule has 0 spiro atoms. The van der Waals surface area contributed by atoms with Gasteiger partial charge in [0.2, 0.25) is 5.75 Å². The van der Waals surface area contributed by atoms with Gasteiger partial charge in [0.25, 0.3) is 0 Å². The highest BCUT2D eigenvalue weighted by Gasteiger charge is 2.48. The number of nitrogens with one attached hydrogen (secondary N) is 1. The van der Waals surface area contributed by atoms with Crippen LogP contribution in [-0.4, -0.2) is 68.9 Å². The Bertz CT molecular complexity index is 799. The van der Waals surface area contributed by atoms with E-state index in [9.17, 15) is 8.42 Å². The average Bonchev–Trinajstić information content (AvgIpc) is 3.01. The molecule has 2 fully saturated rings. The molecule has 2 saturated heterocycles. The van der Waals surface area contributed by atoms with Crippen molar-refractivity contribution in [3.8, 4) is 17.2 Å². The minimum atomic E-state index is -3.06. The number of hydrazone groups is 1. The minimum Gasteiger partial charge on any atom is -0.493 e. The molecule has 1 aromatic carbocycles. The molecule has 0 aromatic heterocycles. The second kappa shape index (κ2) is 6.75. The number of ether oxygens (including phenoxy) is 3. The zero-order valence-electron chi connectivity index (χ0n) is 14.1. The van der Waals surface area contributed by atoms with Crippen LogP contribution in [0.2, 0.25) is 0 Å². The van der Waals surface area contributed by atoms with E-state index in [1.807, 2.05) is 0 Å². The molecular formula is C15H19N3O5S2. The third kappa shape index (κ3) is 3.40. The van der Waals surface area contributed by atoms with Gasteiger partial charge in [0, 0.05) is 10.8 Å². The molecule has 2 heterocycles. The molecule has 0 radical (unpaired) electrons. The Morgan fingerprint density at radius 1 is 1.20 bits per heavy atom. The maximum Gasteiger partial charge on any atom is 0.203 e. The van der Waals surface area contributed by atoms with Gasteiger partial charge in [-0.05, 0) is 12.1 Å². The van der Waals surface area contributed by atoms with E-state index in [2.05, 4.69) is 5.10 Å². The predicted octanol–water partition coefficient (Wildman–Crippen LogP) is 1.20. The third-order valence-corrected chi connectivity index (χ3v) is 7.20. The first-order chi connectivity index (χ1) is 11.9. The molecule has 2 unspecified atom stereocenters. The lowest BCUT2D eigenvalue weighted by Crippen LogP contribution is -2.32. The van der Waals surface area contributed by atoms with E-state index < -0.39 is 9.84 Å². The van der Waals surface area contributed by atoms with Crippen molar-refractivity contribution in [3.05, 3.63) is 17.7 Å². The highest BCUT2D eigenvalue weighted by Crippen LogP contribution is 2.39. The molecule has 2 aliphatic rings. The van der Waals surface area contributed by atoms with Crippen LogP contribution in [0.25, 0.3) is 0 Å². The lowest BCUT2D eigenvalue weighted by atomic mass is 10.2. The summed E-state index contributed by atoms with van der Waals surface area (Å²) in [5.41, 5.74) is 0.691. The van der Waals surface area contributed by atoms with Crippen molar-refractivity contribution < 1.29 is 22.6 Å². The summed E-state index contributed by atoms with van der Waals surface area (Å²) in [5.74, 6) is 1.60. The molecule has 0 saturated carbocycles. The number of methoxy groups -OCH3 is 3. The van der Waals surface area contributed by atoms with Crippen LogP contribution in [0, 0.1) is 5.41 Å². The van der Waals surface area contributed by atoms with Gasteiger partial charge in [-0.1, -0.05) is 11.8 Å². The normalized spacial score (nSPS) is 24.6. The number of rotatable bonds is 5. The molecule has 2 atom stereocenters. The number of hydrogen-bond acceptors (Lipinski definition) is 8. The molecule has 0 bridgehead atoms. The number of amidine groups is 1. The van der Waals surface area contributed by atoms with Gasteiger partial charge in [-0.15, -0.1) is 0 Å². The summed E-state index contributed by atoms with van der Waals surface area (Å²) in [6.45, 7) is 0. The first kappa shape index (κ1) is 17.9. The summed E-state index contributed by atoms with van der Waals surface area (Å²) in [5, 5.41) is 14.0. The molecule has 1 aromatic rings. The molecule has 0 amide bonds. The monoisotopic (exact) mass is 385 g/mol. The van der Waals surface area contributed by atoms with Gasteiger partial charge >= 0.3 is 0 Å². The zero-order valence-corrected chi connectivity index (χ0v) is 15.7. The van der Waals surface area contributed by atoms with Crippen molar-refractivity contribution >= 4 is 33.0 Å². The summed E-state index contributed by atoms with van der Waals surface area (Å²) in [7, 11) is 1.51. The fourth-order valence-corrected chi connectivity index (χ4v) is 6.64. The topological polar surface area (TPSA) is 101 Å². The number of thioether (sulfide) groups is 1. The fourth-order valence-electron chi connectivity index (χ4n) is 2.93. The van der Waals surface area contributed by atoms with Gasteiger partial charge in [-0.25, -0.2) is 13.4 Å². The van der Waals surface area contributed by atoms with Gasteiger partial charge in [0.05, 0.1) is 45.1 Å². The zero-order chi connectivity index (χ0) is 18.2. The average molecular weight is 385 g/mol. The number of benzene rings is 1. The first-order valence-corrected chi connectivity index (χ1v) is 10.2. The summed E-state index contributed by atoms with van der Waals surface area (Å²) in [6, 6.07) is 3.18. The van der Waals surface area contributed by atoms with Crippen LogP contribution in [-0.2, 0) is 9.84 Å². The van der Waals surface area contributed by atoms with Crippen LogP contribution in [0.1, 0.15) is 5.56 Å². The molecule has 10 heteroatoms. The summed E-state index contributed by atoms with van der Waals surface area (Å²) < 4.78 is 39.5. The first-order valence-electron chi connectivity index (χ1n) is 7.47. The van der Waals surface area contributed by atoms with Crippen LogP contribution >= 0.6 is 11.8 Å². The van der Waals surface area contributed by atoms with Crippen molar-refractivity contribution in [2.24, 2.45) is 5.10 Å². The Labute approximate surface area is 150 Å². The van der Waals surface area contributed by atoms with Crippen LogP contribution in [0.5, 0.6) is 17.2 Å². The van der Waals surface area contributed by atoms with Crippen molar-refractivity contribution in [2.45, 2.75) is 11.3 Å². The van der Waals surface area contributed by atoms with E-state index in [1.165, 1.54) is 38.1 Å². The quantitative estimate of drug-likeness (QED) is 0.760. The Morgan fingerprint density at radius 2 is 1.84 bits per heavy atom. The second-order valence-corrected chi connectivity index (χ2v) is 9.04. The highest BCUT2D eigenvalue weighted by molar-refractivity contribution is 8.15.